The molecule has 2 aromatic carbocycles. The van der Waals surface area contributed by atoms with Gasteiger partial charge >= 0.3 is 5.97 Å². The van der Waals surface area contributed by atoms with Crippen molar-refractivity contribution < 1.29 is 18.7 Å². The summed E-state index contributed by atoms with van der Waals surface area (Å²) in [7, 11) is 0. The minimum atomic E-state index is -0.698. The lowest BCUT2D eigenvalue weighted by molar-refractivity contribution is -0.148. The van der Waals surface area contributed by atoms with Crippen LogP contribution < -0.4 is 5.32 Å². The number of amides is 1. The van der Waals surface area contributed by atoms with Crippen LogP contribution in [0.25, 0.3) is 0 Å². The molecule has 26 heavy (non-hydrogen) atoms. The number of fused-ring (bicyclic) bond motifs is 1. The second-order valence-electron chi connectivity index (χ2n) is 6.25. The predicted octanol–water partition coefficient (Wildman–Crippen LogP) is 3.76. The smallest absolute Gasteiger partial charge is 0.310 e. The molecule has 0 saturated carbocycles. The van der Waals surface area contributed by atoms with E-state index in [0.29, 0.717) is 0 Å². The fraction of sp³-hybridized carbons (Fsp3) is 0.300. The molecular formula is C20H19ClFNO3. The number of hydrogen-bond donors (Lipinski definition) is 1. The first-order chi connectivity index (χ1) is 12.5. The highest BCUT2D eigenvalue weighted by molar-refractivity contribution is 6.31. The van der Waals surface area contributed by atoms with Crippen molar-refractivity contribution in [2.24, 2.45) is 0 Å². The van der Waals surface area contributed by atoms with E-state index < -0.39 is 18.4 Å². The van der Waals surface area contributed by atoms with Gasteiger partial charge in [0.15, 0.2) is 6.61 Å². The van der Waals surface area contributed by atoms with E-state index in [4.69, 9.17) is 16.3 Å². The minimum absolute atomic E-state index is 0.0702. The van der Waals surface area contributed by atoms with Crippen LogP contribution in [-0.2, 0) is 27.2 Å². The first kappa shape index (κ1) is 18.4. The van der Waals surface area contributed by atoms with E-state index in [1.807, 2.05) is 18.2 Å². The zero-order valence-electron chi connectivity index (χ0n) is 14.1. The van der Waals surface area contributed by atoms with Gasteiger partial charge in [-0.2, -0.15) is 0 Å². The van der Waals surface area contributed by atoms with Crippen molar-refractivity contribution in [2.75, 3.05) is 6.61 Å². The van der Waals surface area contributed by atoms with Crippen molar-refractivity contribution in [3.8, 4) is 0 Å². The van der Waals surface area contributed by atoms with Gasteiger partial charge in [0.2, 0.25) is 0 Å². The van der Waals surface area contributed by atoms with Gasteiger partial charge < -0.3 is 10.1 Å². The van der Waals surface area contributed by atoms with Crippen LogP contribution in [0.1, 0.15) is 35.6 Å². The number of hydrogen-bond acceptors (Lipinski definition) is 3. The molecule has 0 fully saturated rings. The Labute approximate surface area is 156 Å². The summed E-state index contributed by atoms with van der Waals surface area (Å²) < 4.78 is 18.7. The predicted molar refractivity (Wildman–Crippen MR) is 96.3 cm³/mol. The van der Waals surface area contributed by atoms with Crippen LogP contribution >= 0.6 is 11.6 Å². The summed E-state index contributed by atoms with van der Waals surface area (Å²) >= 11 is 5.89. The number of ether oxygens (including phenoxy) is 1. The van der Waals surface area contributed by atoms with Gasteiger partial charge in [-0.25, -0.2) is 4.39 Å². The summed E-state index contributed by atoms with van der Waals surface area (Å²) in [5, 5.41) is 3.06. The number of nitrogens with one attached hydrogen (secondary N) is 1. The monoisotopic (exact) mass is 375 g/mol. The van der Waals surface area contributed by atoms with Gasteiger partial charge in [-0.1, -0.05) is 41.9 Å². The average Bonchev–Trinajstić information content (AvgIpc) is 2.63. The third-order valence-corrected chi connectivity index (χ3v) is 4.81. The van der Waals surface area contributed by atoms with Crippen LogP contribution in [0.3, 0.4) is 0 Å². The first-order valence-corrected chi connectivity index (χ1v) is 8.88. The van der Waals surface area contributed by atoms with Gasteiger partial charge in [0.25, 0.3) is 5.91 Å². The number of aryl methyl sites for hydroxylation is 1. The lowest BCUT2D eigenvalue weighted by atomic mass is 9.88. The van der Waals surface area contributed by atoms with Gasteiger partial charge in [-0.15, -0.1) is 0 Å². The summed E-state index contributed by atoms with van der Waals surface area (Å²) in [4.78, 5) is 24.0. The van der Waals surface area contributed by atoms with E-state index >= 15 is 0 Å². The normalized spacial score (nSPS) is 15.8. The third kappa shape index (κ3) is 4.41. The number of halogens is 2. The van der Waals surface area contributed by atoms with Crippen molar-refractivity contribution >= 4 is 23.5 Å². The van der Waals surface area contributed by atoms with Crippen molar-refractivity contribution in [2.45, 2.75) is 31.7 Å². The largest absolute Gasteiger partial charge is 0.455 e. The highest BCUT2D eigenvalue weighted by Crippen LogP contribution is 2.29. The van der Waals surface area contributed by atoms with Crippen molar-refractivity contribution in [1.82, 2.24) is 5.32 Å². The highest BCUT2D eigenvalue weighted by atomic mass is 35.5. The topological polar surface area (TPSA) is 55.4 Å². The van der Waals surface area contributed by atoms with Gasteiger partial charge in [-0.05, 0) is 42.5 Å². The molecule has 0 saturated heterocycles. The Balaban J connectivity index is 1.53. The molecule has 1 amide bonds. The van der Waals surface area contributed by atoms with Gasteiger partial charge in [0.1, 0.15) is 5.82 Å². The Hall–Kier alpha value is -2.40. The fourth-order valence-electron chi connectivity index (χ4n) is 3.18. The second-order valence-corrected chi connectivity index (χ2v) is 6.66. The Morgan fingerprint density at radius 2 is 2.00 bits per heavy atom. The van der Waals surface area contributed by atoms with E-state index in [2.05, 4.69) is 11.4 Å². The molecule has 0 heterocycles. The molecule has 0 spiro atoms. The number of rotatable bonds is 5. The number of esters is 1. The maximum atomic E-state index is 13.7. The Morgan fingerprint density at radius 1 is 1.19 bits per heavy atom. The molecule has 0 unspecified atom stereocenters. The molecule has 4 nitrogen and oxygen atoms in total. The molecule has 6 heteroatoms. The molecule has 1 atom stereocenters. The summed E-state index contributed by atoms with van der Waals surface area (Å²) in [6, 6.07) is 12.1. The van der Waals surface area contributed by atoms with Crippen LogP contribution in [0.2, 0.25) is 5.02 Å². The lowest BCUT2D eigenvalue weighted by Crippen LogP contribution is -2.34. The maximum Gasteiger partial charge on any atom is 0.310 e. The van der Waals surface area contributed by atoms with Gasteiger partial charge in [-0.3, -0.25) is 9.59 Å². The third-order valence-electron chi connectivity index (χ3n) is 4.45. The Bertz CT molecular complexity index is 804. The van der Waals surface area contributed by atoms with Crippen molar-refractivity contribution in [3.63, 3.8) is 0 Å². The molecule has 1 aliphatic carbocycles. The van der Waals surface area contributed by atoms with Gasteiger partial charge in [0.05, 0.1) is 12.5 Å². The second kappa shape index (κ2) is 8.32. The SMILES string of the molecule is O=C(COC(=O)Cc1c(F)cccc1Cl)N[C@@H]1CCCc2ccccc21. The van der Waals surface area contributed by atoms with Crippen LogP contribution in [0, 0.1) is 5.82 Å². The zero-order chi connectivity index (χ0) is 18.5. The molecule has 136 valence electrons. The van der Waals surface area contributed by atoms with E-state index in [0.717, 1.165) is 24.8 Å². The van der Waals surface area contributed by atoms with E-state index in [1.54, 1.807) is 0 Å². The standard InChI is InChI=1S/C20H19ClFNO3/c21-16-8-4-9-17(22)15(16)11-20(25)26-12-19(24)23-18-10-3-6-13-5-1-2-7-14(13)18/h1-2,4-5,7-9,18H,3,6,10-12H2,(H,23,24)/t18-/m1/s1. The van der Waals surface area contributed by atoms with E-state index in [-0.39, 0.29) is 29.0 Å². The summed E-state index contributed by atoms with van der Waals surface area (Å²) in [5.41, 5.74) is 2.41. The molecule has 2 aromatic rings. The zero-order valence-corrected chi connectivity index (χ0v) is 14.9. The average molecular weight is 376 g/mol. The van der Waals surface area contributed by atoms with Crippen LogP contribution in [0.4, 0.5) is 4.39 Å². The molecule has 0 aliphatic heterocycles. The van der Waals surface area contributed by atoms with E-state index in [1.165, 1.54) is 23.8 Å². The van der Waals surface area contributed by atoms with Crippen LogP contribution in [0.5, 0.6) is 0 Å². The molecule has 3 rings (SSSR count). The summed E-state index contributed by atoms with van der Waals surface area (Å²) in [5.74, 6) is -1.64. The molecule has 1 N–H and O–H groups in total. The first-order valence-electron chi connectivity index (χ1n) is 8.50. The molecule has 1 aliphatic rings. The van der Waals surface area contributed by atoms with E-state index in [9.17, 15) is 14.0 Å². The van der Waals surface area contributed by atoms with Crippen LogP contribution in [-0.4, -0.2) is 18.5 Å². The fourth-order valence-corrected chi connectivity index (χ4v) is 3.41. The Morgan fingerprint density at radius 3 is 2.81 bits per heavy atom. The van der Waals surface area contributed by atoms with Crippen molar-refractivity contribution in [1.29, 1.82) is 0 Å². The lowest BCUT2D eigenvalue weighted by Gasteiger charge is -2.26. The quantitative estimate of drug-likeness (QED) is 0.809. The molecule has 0 radical (unpaired) electrons. The molecule has 0 bridgehead atoms. The highest BCUT2D eigenvalue weighted by Gasteiger charge is 2.22. The number of carbonyl (C=O) groups excluding carboxylic acids is 2. The number of benzene rings is 2. The minimum Gasteiger partial charge on any atom is -0.455 e. The molecular weight excluding hydrogens is 357 g/mol. The molecule has 0 aromatic heterocycles. The summed E-state index contributed by atoms with van der Waals surface area (Å²) in [6.45, 7) is -0.399. The van der Waals surface area contributed by atoms with Gasteiger partial charge in [0, 0.05) is 10.6 Å². The van der Waals surface area contributed by atoms with Crippen LogP contribution in [0.15, 0.2) is 42.5 Å². The van der Waals surface area contributed by atoms with Crippen molar-refractivity contribution in [3.05, 3.63) is 70.0 Å². The summed E-state index contributed by atoms with van der Waals surface area (Å²) in [6.07, 6.45) is 2.53. The maximum absolute atomic E-state index is 13.7. The number of carbonyl (C=O) groups is 2. The Kier molecular flexibility index (Phi) is 5.89.